The fraction of sp³-hybridized carbons (Fsp3) is 0.385. The summed E-state index contributed by atoms with van der Waals surface area (Å²) in [7, 11) is 0. The summed E-state index contributed by atoms with van der Waals surface area (Å²) < 4.78 is 5.27. The molecule has 0 saturated carbocycles. The zero-order valence-corrected chi connectivity index (χ0v) is 10.7. The van der Waals surface area contributed by atoms with Crippen LogP contribution in [0.2, 0.25) is 5.02 Å². The number of aromatic nitrogens is 2. The van der Waals surface area contributed by atoms with Crippen LogP contribution in [0.25, 0.3) is 11.5 Å². The first-order valence-electron chi connectivity index (χ1n) is 6.14. The van der Waals surface area contributed by atoms with Crippen LogP contribution < -0.4 is 5.32 Å². The smallest absolute Gasteiger partial charge is 0.259 e. The van der Waals surface area contributed by atoms with Crippen molar-refractivity contribution in [3.8, 4) is 11.5 Å². The first kappa shape index (κ1) is 11.7. The Kier molecular flexibility index (Phi) is 3.30. The van der Waals surface area contributed by atoms with E-state index in [1.165, 1.54) is 12.8 Å². The van der Waals surface area contributed by atoms with Crippen molar-refractivity contribution in [1.82, 2.24) is 15.5 Å². The maximum Gasteiger partial charge on any atom is 0.259 e. The first-order chi connectivity index (χ1) is 8.83. The molecule has 94 valence electrons. The van der Waals surface area contributed by atoms with E-state index in [0.29, 0.717) is 17.0 Å². The summed E-state index contributed by atoms with van der Waals surface area (Å²) in [5.41, 5.74) is 0.789. The molecule has 2 heterocycles. The zero-order chi connectivity index (χ0) is 12.4. The van der Waals surface area contributed by atoms with Crippen LogP contribution in [0.15, 0.2) is 28.8 Å². The number of hydrogen-bond donors (Lipinski definition) is 1. The van der Waals surface area contributed by atoms with E-state index in [2.05, 4.69) is 15.5 Å². The largest absolute Gasteiger partial charge is 0.334 e. The highest BCUT2D eigenvalue weighted by molar-refractivity contribution is 6.33. The van der Waals surface area contributed by atoms with Crippen molar-refractivity contribution in [2.24, 2.45) is 0 Å². The Morgan fingerprint density at radius 3 is 3.06 bits per heavy atom. The van der Waals surface area contributed by atoms with Crippen LogP contribution in [0.1, 0.15) is 18.7 Å². The van der Waals surface area contributed by atoms with Crippen molar-refractivity contribution in [3.05, 3.63) is 35.1 Å². The van der Waals surface area contributed by atoms with Crippen LogP contribution in [0.4, 0.5) is 0 Å². The molecule has 1 fully saturated rings. The molecule has 2 aromatic rings. The number of nitrogens with one attached hydrogen (secondary N) is 1. The van der Waals surface area contributed by atoms with Crippen molar-refractivity contribution in [3.63, 3.8) is 0 Å². The normalized spacial score (nSPS) is 19.3. The third-order valence-corrected chi connectivity index (χ3v) is 3.49. The fourth-order valence-electron chi connectivity index (χ4n) is 2.23. The molecule has 1 N–H and O–H groups in total. The van der Waals surface area contributed by atoms with E-state index in [1.54, 1.807) is 0 Å². The van der Waals surface area contributed by atoms with Gasteiger partial charge in [0, 0.05) is 12.5 Å². The quantitative estimate of drug-likeness (QED) is 0.925. The molecule has 18 heavy (non-hydrogen) atoms. The van der Waals surface area contributed by atoms with E-state index in [9.17, 15) is 0 Å². The van der Waals surface area contributed by atoms with Gasteiger partial charge < -0.3 is 9.84 Å². The molecule has 5 heteroatoms. The monoisotopic (exact) mass is 263 g/mol. The second-order valence-electron chi connectivity index (χ2n) is 4.49. The molecule has 0 spiro atoms. The molecule has 1 atom stereocenters. The third kappa shape index (κ3) is 2.40. The molecule has 1 aliphatic rings. The molecule has 1 unspecified atom stereocenters. The Morgan fingerprint density at radius 1 is 1.39 bits per heavy atom. The Balaban J connectivity index is 1.79. The van der Waals surface area contributed by atoms with Gasteiger partial charge in [-0.25, -0.2) is 0 Å². The molecule has 4 nitrogen and oxygen atoms in total. The Bertz CT molecular complexity index is 535. The zero-order valence-electron chi connectivity index (χ0n) is 9.90. The van der Waals surface area contributed by atoms with Crippen molar-refractivity contribution in [2.75, 3.05) is 6.54 Å². The van der Waals surface area contributed by atoms with Gasteiger partial charge in [0.1, 0.15) is 0 Å². The summed E-state index contributed by atoms with van der Waals surface area (Å²) in [5, 5.41) is 8.06. The lowest BCUT2D eigenvalue weighted by molar-refractivity contribution is 0.418. The van der Waals surface area contributed by atoms with Gasteiger partial charge in [-0.3, -0.25) is 0 Å². The van der Waals surface area contributed by atoms with Gasteiger partial charge in [-0.05, 0) is 31.5 Å². The number of hydrogen-bond acceptors (Lipinski definition) is 4. The molecule has 3 rings (SSSR count). The van der Waals surface area contributed by atoms with Crippen LogP contribution >= 0.6 is 11.6 Å². The highest BCUT2D eigenvalue weighted by atomic mass is 35.5. The summed E-state index contributed by atoms with van der Waals surface area (Å²) in [6.07, 6.45) is 3.21. The van der Waals surface area contributed by atoms with Gasteiger partial charge in [0.05, 0.1) is 10.6 Å². The van der Waals surface area contributed by atoms with E-state index < -0.39 is 0 Å². The van der Waals surface area contributed by atoms with E-state index in [-0.39, 0.29) is 0 Å². The van der Waals surface area contributed by atoms with Gasteiger partial charge in [-0.1, -0.05) is 28.9 Å². The van der Waals surface area contributed by atoms with Crippen molar-refractivity contribution < 1.29 is 4.52 Å². The highest BCUT2D eigenvalue weighted by Gasteiger charge is 2.18. The predicted octanol–water partition coefficient (Wildman–Crippen LogP) is 2.68. The average molecular weight is 264 g/mol. The minimum atomic E-state index is 0.474. The standard InChI is InChI=1S/C13H14ClN3O/c14-11-6-2-1-5-10(11)13-16-12(17-18-13)8-9-4-3-7-15-9/h1-2,5-6,9,15H,3-4,7-8H2. The molecular weight excluding hydrogens is 250 g/mol. The van der Waals surface area contributed by atoms with Crippen molar-refractivity contribution in [1.29, 1.82) is 0 Å². The lowest BCUT2D eigenvalue weighted by atomic mass is 10.1. The molecule has 0 bridgehead atoms. The topological polar surface area (TPSA) is 51.0 Å². The molecule has 0 aliphatic carbocycles. The van der Waals surface area contributed by atoms with Gasteiger partial charge in [0.25, 0.3) is 5.89 Å². The van der Waals surface area contributed by atoms with E-state index in [0.717, 1.165) is 24.4 Å². The van der Waals surface area contributed by atoms with Gasteiger partial charge in [0.2, 0.25) is 0 Å². The van der Waals surface area contributed by atoms with Crippen molar-refractivity contribution in [2.45, 2.75) is 25.3 Å². The molecular formula is C13H14ClN3O. The Hall–Kier alpha value is -1.39. The van der Waals surface area contributed by atoms with E-state index in [4.69, 9.17) is 16.1 Å². The highest BCUT2D eigenvalue weighted by Crippen LogP contribution is 2.26. The number of halogens is 1. The molecule has 1 saturated heterocycles. The van der Waals surface area contributed by atoms with E-state index >= 15 is 0 Å². The van der Waals surface area contributed by atoms with Crippen LogP contribution in [0.5, 0.6) is 0 Å². The summed E-state index contributed by atoms with van der Waals surface area (Å²) in [6, 6.07) is 7.96. The SMILES string of the molecule is Clc1ccccc1-c1nc(CC2CCCN2)no1. The van der Waals surface area contributed by atoms with Crippen LogP contribution in [0, 0.1) is 0 Å². The molecule has 1 aromatic heterocycles. The van der Waals surface area contributed by atoms with Crippen LogP contribution in [-0.4, -0.2) is 22.7 Å². The summed E-state index contributed by atoms with van der Waals surface area (Å²) in [5.74, 6) is 1.23. The molecule has 1 aliphatic heterocycles. The van der Waals surface area contributed by atoms with Gasteiger partial charge in [-0.15, -0.1) is 0 Å². The van der Waals surface area contributed by atoms with Gasteiger partial charge in [0.15, 0.2) is 5.82 Å². The van der Waals surface area contributed by atoms with Crippen molar-refractivity contribution >= 4 is 11.6 Å². The minimum Gasteiger partial charge on any atom is -0.334 e. The second-order valence-corrected chi connectivity index (χ2v) is 4.90. The third-order valence-electron chi connectivity index (χ3n) is 3.16. The Morgan fingerprint density at radius 2 is 2.28 bits per heavy atom. The maximum atomic E-state index is 6.10. The molecule has 0 radical (unpaired) electrons. The number of nitrogens with zero attached hydrogens (tertiary/aromatic N) is 2. The summed E-state index contributed by atoms with van der Waals surface area (Å²) >= 11 is 6.10. The summed E-state index contributed by atoms with van der Waals surface area (Å²) in [6.45, 7) is 1.08. The lowest BCUT2D eigenvalue weighted by Crippen LogP contribution is -2.24. The van der Waals surface area contributed by atoms with Gasteiger partial charge in [-0.2, -0.15) is 4.98 Å². The second kappa shape index (κ2) is 5.08. The first-order valence-corrected chi connectivity index (χ1v) is 6.51. The maximum absolute atomic E-state index is 6.10. The van der Waals surface area contributed by atoms with Crippen LogP contribution in [0.3, 0.4) is 0 Å². The molecule has 1 aromatic carbocycles. The number of rotatable bonds is 3. The predicted molar refractivity (Wildman–Crippen MR) is 69.5 cm³/mol. The van der Waals surface area contributed by atoms with Gasteiger partial charge >= 0.3 is 0 Å². The van der Waals surface area contributed by atoms with E-state index in [1.807, 2.05) is 24.3 Å². The average Bonchev–Trinajstić information content (AvgIpc) is 3.02. The summed E-state index contributed by atoms with van der Waals surface area (Å²) in [4.78, 5) is 4.40. The minimum absolute atomic E-state index is 0.474. The number of benzene rings is 1. The fourth-order valence-corrected chi connectivity index (χ4v) is 2.45. The molecule has 0 amide bonds. The lowest BCUT2D eigenvalue weighted by Gasteiger charge is -2.04. The Labute approximate surface area is 110 Å². The van der Waals surface area contributed by atoms with Crippen LogP contribution in [-0.2, 0) is 6.42 Å².